The molecule has 0 aliphatic carbocycles. The number of rotatable bonds is 5. The summed E-state index contributed by atoms with van der Waals surface area (Å²) in [5.41, 5.74) is 1.16. The van der Waals surface area contributed by atoms with Crippen LogP contribution in [0.3, 0.4) is 0 Å². The van der Waals surface area contributed by atoms with Crippen LogP contribution >= 0.6 is 0 Å². The van der Waals surface area contributed by atoms with Crippen molar-refractivity contribution < 1.29 is 13.9 Å². The molecule has 0 atom stereocenters. The lowest BCUT2D eigenvalue weighted by Gasteiger charge is -2.08. The number of ether oxygens (including phenoxy) is 1. The summed E-state index contributed by atoms with van der Waals surface area (Å²) in [7, 11) is 0. The average molecular weight is 248 g/mol. The molecule has 5 heteroatoms. The van der Waals surface area contributed by atoms with Gasteiger partial charge in [-0.1, -0.05) is 0 Å². The molecule has 94 valence electrons. The van der Waals surface area contributed by atoms with Crippen LogP contribution in [0.5, 0.6) is 5.75 Å². The molecule has 0 saturated carbocycles. The Labute approximate surface area is 104 Å². The van der Waals surface area contributed by atoms with Crippen molar-refractivity contribution in [3.8, 4) is 5.75 Å². The van der Waals surface area contributed by atoms with Gasteiger partial charge in [-0.05, 0) is 25.1 Å². The fourth-order valence-corrected chi connectivity index (χ4v) is 1.61. The molecular formula is C13H13FN2O2. The summed E-state index contributed by atoms with van der Waals surface area (Å²) in [4.78, 5) is 14.5. The van der Waals surface area contributed by atoms with Crippen LogP contribution < -0.4 is 4.74 Å². The molecule has 0 aliphatic rings. The van der Waals surface area contributed by atoms with Crippen LogP contribution in [0.1, 0.15) is 23.0 Å². The first kappa shape index (κ1) is 12.3. The lowest BCUT2D eigenvalue weighted by molar-refractivity contribution is 0.112. The summed E-state index contributed by atoms with van der Waals surface area (Å²) >= 11 is 0. The van der Waals surface area contributed by atoms with Gasteiger partial charge in [-0.3, -0.25) is 4.79 Å². The van der Waals surface area contributed by atoms with E-state index in [1.165, 1.54) is 12.1 Å². The minimum atomic E-state index is -0.540. The molecule has 0 radical (unpaired) electrons. The van der Waals surface area contributed by atoms with Crippen molar-refractivity contribution in [2.75, 3.05) is 0 Å². The highest BCUT2D eigenvalue weighted by atomic mass is 19.1. The number of imidazole rings is 1. The van der Waals surface area contributed by atoms with Crippen LogP contribution in [0.4, 0.5) is 4.39 Å². The first-order valence-corrected chi connectivity index (χ1v) is 5.61. The largest absolute Gasteiger partial charge is 0.484 e. The van der Waals surface area contributed by atoms with Crippen molar-refractivity contribution >= 4 is 6.29 Å². The van der Waals surface area contributed by atoms with Gasteiger partial charge < -0.3 is 9.30 Å². The first-order valence-electron chi connectivity index (χ1n) is 5.61. The Morgan fingerprint density at radius 2 is 2.33 bits per heavy atom. The molecule has 1 aromatic heterocycles. The Hall–Kier alpha value is -2.17. The van der Waals surface area contributed by atoms with Crippen LogP contribution in [-0.4, -0.2) is 15.8 Å². The highest BCUT2D eigenvalue weighted by Crippen LogP contribution is 2.19. The van der Waals surface area contributed by atoms with Gasteiger partial charge in [0.1, 0.15) is 12.9 Å². The summed E-state index contributed by atoms with van der Waals surface area (Å²) in [6.45, 7) is 3.01. The molecule has 0 aliphatic heterocycles. The fourth-order valence-electron chi connectivity index (χ4n) is 1.61. The van der Waals surface area contributed by atoms with Gasteiger partial charge in [0.05, 0.1) is 18.2 Å². The van der Waals surface area contributed by atoms with Gasteiger partial charge in [-0.25, -0.2) is 9.37 Å². The predicted octanol–water partition coefficient (Wildman–Crippen LogP) is 2.43. The van der Waals surface area contributed by atoms with Gasteiger partial charge in [0.2, 0.25) is 0 Å². The van der Waals surface area contributed by atoms with Crippen LogP contribution in [-0.2, 0) is 13.2 Å². The fraction of sp³-hybridized carbons (Fsp3) is 0.231. The van der Waals surface area contributed by atoms with E-state index in [1.54, 1.807) is 12.5 Å². The molecule has 0 N–H and O–H groups in total. The number of benzene rings is 1. The van der Waals surface area contributed by atoms with E-state index in [-0.39, 0.29) is 12.4 Å². The zero-order chi connectivity index (χ0) is 13.0. The molecular weight excluding hydrogens is 235 g/mol. The minimum absolute atomic E-state index is 0.129. The second kappa shape index (κ2) is 5.44. The van der Waals surface area contributed by atoms with Crippen molar-refractivity contribution in [1.29, 1.82) is 0 Å². The Kier molecular flexibility index (Phi) is 3.72. The summed E-state index contributed by atoms with van der Waals surface area (Å²) in [5.74, 6) is -0.411. The van der Waals surface area contributed by atoms with Crippen LogP contribution in [0.25, 0.3) is 0 Å². The van der Waals surface area contributed by atoms with Crippen LogP contribution in [0.2, 0.25) is 0 Å². The van der Waals surface area contributed by atoms with Gasteiger partial charge in [0, 0.05) is 12.1 Å². The molecule has 0 saturated heterocycles. The van der Waals surface area contributed by atoms with Gasteiger partial charge >= 0.3 is 0 Å². The topological polar surface area (TPSA) is 44.1 Å². The van der Waals surface area contributed by atoms with E-state index >= 15 is 0 Å². The SMILES string of the molecule is CCn1cncc1COc1ccc(C=O)cc1F. The quantitative estimate of drug-likeness (QED) is 0.763. The van der Waals surface area contributed by atoms with E-state index < -0.39 is 5.82 Å². The van der Waals surface area contributed by atoms with E-state index in [1.807, 2.05) is 11.5 Å². The number of aromatic nitrogens is 2. The number of carbonyl (C=O) groups is 1. The molecule has 0 fully saturated rings. The van der Waals surface area contributed by atoms with Crippen molar-refractivity contribution in [2.45, 2.75) is 20.1 Å². The Balaban J connectivity index is 2.08. The van der Waals surface area contributed by atoms with Crippen molar-refractivity contribution in [3.05, 3.63) is 47.8 Å². The molecule has 2 rings (SSSR count). The first-order chi connectivity index (χ1) is 8.74. The highest BCUT2D eigenvalue weighted by Gasteiger charge is 2.06. The van der Waals surface area contributed by atoms with Crippen LogP contribution in [0.15, 0.2) is 30.7 Å². The van der Waals surface area contributed by atoms with Crippen molar-refractivity contribution in [1.82, 2.24) is 9.55 Å². The second-order valence-electron chi connectivity index (χ2n) is 3.77. The van der Waals surface area contributed by atoms with E-state index in [0.29, 0.717) is 11.8 Å². The smallest absolute Gasteiger partial charge is 0.165 e. The molecule has 4 nitrogen and oxygen atoms in total. The average Bonchev–Trinajstić information content (AvgIpc) is 2.84. The van der Waals surface area contributed by atoms with E-state index in [2.05, 4.69) is 4.98 Å². The van der Waals surface area contributed by atoms with Crippen LogP contribution in [0, 0.1) is 5.82 Å². The Morgan fingerprint density at radius 3 is 3.00 bits per heavy atom. The molecule has 0 spiro atoms. The maximum Gasteiger partial charge on any atom is 0.165 e. The summed E-state index contributed by atoms with van der Waals surface area (Å²) in [6, 6.07) is 4.12. The maximum absolute atomic E-state index is 13.5. The van der Waals surface area contributed by atoms with Gasteiger partial charge in [0.15, 0.2) is 11.6 Å². The predicted molar refractivity (Wildman–Crippen MR) is 64.0 cm³/mol. The Morgan fingerprint density at radius 1 is 1.50 bits per heavy atom. The lowest BCUT2D eigenvalue weighted by Crippen LogP contribution is -2.04. The van der Waals surface area contributed by atoms with Gasteiger partial charge in [-0.2, -0.15) is 0 Å². The molecule has 0 bridgehead atoms. The third-order valence-electron chi connectivity index (χ3n) is 2.61. The minimum Gasteiger partial charge on any atom is -0.484 e. The summed E-state index contributed by atoms with van der Waals surface area (Å²) in [5, 5.41) is 0. The monoisotopic (exact) mass is 248 g/mol. The number of hydrogen-bond donors (Lipinski definition) is 0. The highest BCUT2D eigenvalue weighted by molar-refractivity contribution is 5.74. The van der Waals surface area contributed by atoms with Crippen molar-refractivity contribution in [2.24, 2.45) is 0 Å². The molecule has 1 aromatic carbocycles. The third kappa shape index (κ3) is 2.56. The zero-order valence-corrected chi connectivity index (χ0v) is 9.97. The number of nitrogens with zero attached hydrogens (tertiary/aromatic N) is 2. The summed E-state index contributed by atoms with van der Waals surface area (Å²) < 4.78 is 20.8. The number of carbonyl (C=O) groups excluding carboxylic acids is 1. The van der Waals surface area contributed by atoms with Gasteiger partial charge in [-0.15, -0.1) is 0 Å². The normalized spacial score (nSPS) is 10.3. The van der Waals surface area contributed by atoms with E-state index in [0.717, 1.165) is 18.3 Å². The van der Waals surface area contributed by atoms with Gasteiger partial charge in [0.25, 0.3) is 0 Å². The van der Waals surface area contributed by atoms with Crippen molar-refractivity contribution in [3.63, 3.8) is 0 Å². The molecule has 0 unspecified atom stereocenters. The summed E-state index contributed by atoms with van der Waals surface area (Å²) in [6.07, 6.45) is 3.98. The number of aldehydes is 1. The Bertz CT molecular complexity index is 552. The zero-order valence-electron chi connectivity index (χ0n) is 9.97. The third-order valence-corrected chi connectivity index (χ3v) is 2.61. The van der Waals surface area contributed by atoms with E-state index in [4.69, 9.17) is 4.74 Å². The van der Waals surface area contributed by atoms with E-state index in [9.17, 15) is 9.18 Å². The number of halogens is 1. The number of aryl methyl sites for hydroxylation is 1. The molecule has 1 heterocycles. The standard InChI is InChI=1S/C13H13FN2O2/c1-2-16-9-15-6-11(16)8-18-13-4-3-10(7-17)5-12(13)14/h3-7,9H,2,8H2,1H3. The molecule has 2 aromatic rings. The maximum atomic E-state index is 13.5. The lowest BCUT2D eigenvalue weighted by atomic mass is 10.2. The second-order valence-corrected chi connectivity index (χ2v) is 3.77. The molecule has 18 heavy (non-hydrogen) atoms. The molecule has 0 amide bonds. The number of hydrogen-bond acceptors (Lipinski definition) is 3.